The van der Waals surface area contributed by atoms with Gasteiger partial charge in [0.25, 0.3) is 0 Å². The zero-order valence-electron chi connectivity index (χ0n) is 16.8. The van der Waals surface area contributed by atoms with E-state index in [1.54, 1.807) is 13.3 Å². The van der Waals surface area contributed by atoms with E-state index in [4.69, 9.17) is 15.2 Å². The summed E-state index contributed by atoms with van der Waals surface area (Å²) in [5, 5.41) is 6.28. The Morgan fingerprint density at radius 1 is 1.29 bits per heavy atom. The minimum atomic E-state index is -1.04. The molecule has 2 fully saturated rings. The molecule has 2 atom stereocenters. The SMILES string of the molecule is CNC1=CC=NC(N)(c2ccc(OC)c(OCC3CCN(CC4CC4)C3)c2)N1. The van der Waals surface area contributed by atoms with Crippen molar-refractivity contribution in [2.75, 3.05) is 40.4 Å². The second-order valence-electron chi connectivity index (χ2n) is 8.03. The van der Waals surface area contributed by atoms with Crippen LogP contribution in [-0.4, -0.2) is 51.5 Å². The molecule has 0 aromatic heterocycles. The molecule has 152 valence electrons. The smallest absolute Gasteiger partial charge is 0.210 e. The number of nitrogens with zero attached hydrogens (tertiary/aromatic N) is 2. The van der Waals surface area contributed by atoms with Gasteiger partial charge in [0.05, 0.1) is 13.7 Å². The number of nitrogens with one attached hydrogen (secondary N) is 2. The van der Waals surface area contributed by atoms with Crippen molar-refractivity contribution < 1.29 is 9.47 Å². The fourth-order valence-corrected chi connectivity index (χ4v) is 3.92. The number of allylic oxidation sites excluding steroid dienone is 1. The molecule has 7 nitrogen and oxygen atoms in total. The molecule has 4 N–H and O–H groups in total. The lowest BCUT2D eigenvalue weighted by atomic mass is 10.1. The first-order valence-electron chi connectivity index (χ1n) is 10.1. The summed E-state index contributed by atoms with van der Waals surface area (Å²) in [7, 11) is 3.50. The minimum Gasteiger partial charge on any atom is -0.493 e. The van der Waals surface area contributed by atoms with Crippen molar-refractivity contribution >= 4 is 6.21 Å². The lowest BCUT2D eigenvalue weighted by molar-refractivity contribution is 0.229. The van der Waals surface area contributed by atoms with Crippen LogP contribution in [0.25, 0.3) is 0 Å². The Morgan fingerprint density at radius 3 is 2.89 bits per heavy atom. The predicted molar refractivity (Wildman–Crippen MR) is 110 cm³/mol. The van der Waals surface area contributed by atoms with Crippen LogP contribution in [0, 0.1) is 11.8 Å². The van der Waals surface area contributed by atoms with Crippen molar-refractivity contribution in [2.45, 2.75) is 25.0 Å². The van der Waals surface area contributed by atoms with Crippen LogP contribution in [-0.2, 0) is 5.79 Å². The average molecular weight is 386 g/mol. The van der Waals surface area contributed by atoms with Crippen LogP contribution in [0.1, 0.15) is 24.8 Å². The minimum absolute atomic E-state index is 0.559. The monoisotopic (exact) mass is 385 g/mol. The predicted octanol–water partition coefficient (Wildman–Crippen LogP) is 1.61. The molecule has 2 aliphatic heterocycles. The van der Waals surface area contributed by atoms with E-state index in [-0.39, 0.29) is 0 Å². The summed E-state index contributed by atoms with van der Waals surface area (Å²) >= 11 is 0. The molecule has 0 spiro atoms. The molecule has 1 saturated heterocycles. The Labute approximate surface area is 167 Å². The van der Waals surface area contributed by atoms with Crippen LogP contribution in [0.4, 0.5) is 0 Å². The number of likely N-dealkylation sites (tertiary alicyclic amines) is 1. The van der Waals surface area contributed by atoms with Gasteiger partial charge in [0, 0.05) is 37.8 Å². The number of hydrogen-bond donors (Lipinski definition) is 3. The summed E-state index contributed by atoms with van der Waals surface area (Å²) in [5.74, 6) is 2.71. The van der Waals surface area contributed by atoms with Crippen molar-refractivity contribution in [1.29, 1.82) is 0 Å². The second kappa shape index (κ2) is 8.01. The number of nitrogens with two attached hydrogens (primary N) is 1. The van der Waals surface area contributed by atoms with Crippen LogP contribution < -0.4 is 25.8 Å². The summed E-state index contributed by atoms with van der Waals surface area (Å²) in [6, 6.07) is 5.74. The van der Waals surface area contributed by atoms with Crippen LogP contribution in [0.5, 0.6) is 11.5 Å². The first-order valence-corrected chi connectivity index (χ1v) is 10.1. The topological polar surface area (TPSA) is 84.1 Å². The molecule has 0 radical (unpaired) electrons. The highest BCUT2D eigenvalue weighted by molar-refractivity contribution is 5.73. The van der Waals surface area contributed by atoms with Gasteiger partial charge in [-0.2, -0.15) is 0 Å². The van der Waals surface area contributed by atoms with Gasteiger partial charge >= 0.3 is 0 Å². The number of rotatable bonds is 8. The lowest BCUT2D eigenvalue weighted by Crippen LogP contribution is -2.51. The highest BCUT2D eigenvalue weighted by Gasteiger charge is 2.31. The molecule has 0 amide bonds. The van der Waals surface area contributed by atoms with Gasteiger partial charge in [-0.1, -0.05) is 0 Å². The van der Waals surface area contributed by atoms with E-state index < -0.39 is 5.79 Å². The van der Waals surface area contributed by atoms with Gasteiger partial charge < -0.3 is 25.0 Å². The van der Waals surface area contributed by atoms with Crippen LogP contribution >= 0.6 is 0 Å². The fourth-order valence-electron chi connectivity index (χ4n) is 3.92. The third-order valence-corrected chi connectivity index (χ3v) is 5.78. The van der Waals surface area contributed by atoms with Crippen molar-refractivity contribution in [1.82, 2.24) is 15.5 Å². The molecule has 2 heterocycles. The largest absolute Gasteiger partial charge is 0.493 e. The van der Waals surface area contributed by atoms with E-state index in [1.807, 2.05) is 31.3 Å². The maximum absolute atomic E-state index is 6.50. The molecule has 4 rings (SSSR count). The second-order valence-corrected chi connectivity index (χ2v) is 8.03. The first-order chi connectivity index (χ1) is 13.6. The van der Waals surface area contributed by atoms with Gasteiger partial charge in [-0.25, -0.2) is 4.99 Å². The number of aliphatic imine (C=N–C) groups is 1. The Hall–Kier alpha value is -2.25. The number of hydrogen-bond acceptors (Lipinski definition) is 7. The molecule has 7 heteroatoms. The molecule has 1 aliphatic carbocycles. The van der Waals surface area contributed by atoms with E-state index >= 15 is 0 Å². The molecular weight excluding hydrogens is 354 g/mol. The first kappa shape index (κ1) is 19.1. The van der Waals surface area contributed by atoms with Crippen LogP contribution in [0.3, 0.4) is 0 Å². The Balaban J connectivity index is 1.42. The molecule has 1 saturated carbocycles. The van der Waals surface area contributed by atoms with Crippen molar-refractivity contribution in [3.63, 3.8) is 0 Å². The number of benzene rings is 1. The highest BCUT2D eigenvalue weighted by Crippen LogP contribution is 2.34. The summed E-state index contributed by atoms with van der Waals surface area (Å²) in [6.07, 6.45) is 7.56. The normalized spacial score (nSPS) is 27.2. The van der Waals surface area contributed by atoms with Gasteiger partial charge in [0.2, 0.25) is 5.79 Å². The maximum Gasteiger partial charge on any atom is 0.210 e. The van der Waals surface area contributed by atoms with E-state index in [2.05, 4.69) is 20.5 Å². The van der Waals surface area contributed by atoms with Gasteiger partial charge in [-0.05, 0) is 56.0 Å². The van der Waals surface area contributed by atoms with Crippen molar-refractivity contribution in [3.8, 4) is 11.5 Å². The molecule has 3 aliphatic rings. The Bertz CT molecular complexity index is 761. The molecule has 1 aromatic rings. The quantitative estimate of drug-likeness (QED) is 0.631. The molecule has 0 bridgehead atoms. The standard InChI is InChI=1S/C21H31N5O2/c1-23-20-7-9-24-21(22,25-20)17-5-6-18(27-2)19(11-17)28-14-16-8-10-26(13-16)12-15-3-4-15/h5-7,9,11,15-16,23,25H,3-4,8,10,12-14,22H2,1-2H3. The van der Waals surface area contributed by atoms with Crippen molar-refractivity contribution in [3.05, 3.63) is 35.7 Å². The van der Waals surface area contributed by atoms with E-state index in [0.717, 1.165) is 23.8 Å². The zero-order chi connectivity index (χ0) is 19.6. The molecule has 28 heavy (non-hydrogen) atoms. The molecule has 1 aromatic carbocycles. The summed E-state index contributed by atoms with van der Waals surface area (Å²) < 4.78 is 11.7. The summed E-state index contributed by atoms with van der Waals surface area (Å²) in [4.78, 5) is 7.01. The Kier molecular flexibility index (Phi) is 5.46. The van der Waals surface area contributed by atoms with Crippen molar-refractivity contribution in [2.24, 2.45) is 22.6 Å². The van der Waals surface area contributed by atoms with Crippen LogP contribution in [0.15, 0.2) is 35.1 Å². The summed E-state index contributed by atoms with van der Waals surface area (Å²) in [6.45, 7) is 4.26. The van der Waals surface area contributed by atoms with E-state index in [9.17, 15) is 0 Å². The van der Waals surface area contributed by atoms with E-state index in [0.29, 0.717) is 24.0 Å². The lowest BCUT2D eigenvalue weighted by Gasteiger charge is -2.31. The Morgan fingerprint density at radius 2 is 2.14 bits per heavy atom. The van der Waals surface area contributed by atoms with Gasteiger partial charge in [-0.15, -0.1) is 0 Å². The van der Waals surface area contributed by atoms with Gasteiger partial charge in [-0.3, -0.25) is 5.73 Å². The summed E-state index contributed by atoms with van der Waals surface area (Å²) in [5.41, 5.74) is 7.32. The van der Waals surface area contributed by atoms with Gasteiger partial charge in [0.1, 0.15) is 5.82 Å². The maximum atomic E-state index is 6.50. The highest BCUT2D eigenvalue weighted by atomic mass is 16.5. The molecule has 2 unspecified atom stereocenters. The number of ether oxygens (including phenoxy) is 2. The molecular formula is C21H31N5O2. The third kappa shape index (κ3) is 4.25. The van der Waals surface area contributed by atoms with Gasteiger partial charge in [0.15, 0.2) is 11.5 Å². The zero-order valence-corrected chi connectivity index (χ0v) is 16.8. The number of methoxy groups -OCH3 is 1. The van der Waals surface area contributed by atoms with E-state index in [1.165, 1.54) is 32.4 Å². The average Bonchev–Trinajstić information content (AvgIpc) is 3.42. The fraction of sp³-hybridized carbons (Fsp3) is 0.571. The third-order valence-electron chi connectivity index (χ3n) is 5.78. The van der Waals surface area contributed by atoms with Crippen LogP contribution in [0.2, 0.25) is 0 Å².